The second-order valence-corrected chi connectivity index (χ2v) is 5.44. The Morgan fingerprint density at radius 1 is 1.22 bits per heavy atom. The molecule has 1 aromatic heterocycles. The number of carbonyl (C=O) groups excluding carboxylic acids is 1. The number of anilines is 1. The third kappa shape index (κ3) is 4.39. The lowest BCUT2D eigenvalue weighted by Gasteiger charge is -2.08. The summed E-state index contributed by atoms with van der Waals surface area (Å²) in [7, 11) is 0. The summed E-state index contributed by atoms with van der Waals surface area (Å²) in [6.45, 7) is 3.83. The molecule has 1 amide bonds. The van der Waals surface area contributed by atoms with Gasteiger partial charge >= 0.3 is 5.97 Å². The molecular weight excluding hydrogens is 292 g/mol. The average molecular weight is 312 g/mol. The van der Waals surface area contributed by atoms with Crippen LogP contribution in [0.5, 0.6) is 0 Å². The number of aromatic nitrogens is 1. The van der Waals surface area contributed by atoms with Crippen LogP contribution in [0.1, 0.15) is 51.7 Å². The van der Waals surface area contributed by atoms with E-state index in [2.05, 4.69) is 17.2 Å². The number of benzene rings is 1. The maximum Gasteiger partial charge on any atom is 0.335 e. The summed E-state index contributed by atoms with van der Waals surface area (Å²) >= 11 is 0. The summed E-state index contributed by atoms with van der Waals surface area (Å²) < 4.78 is 0. The molecule has 0 unspecified atom stereocenters. The number of hydrogen-bond acceptors (Lipinski definition) is 3. The fourth-order valence-corrected chi connectivity index (χ4v) is 2.26. The van der Waals surface area contributed by atoms with Crippen molar-refractivity contribution >= 4 is 17.6 Å². The van der Waals surface area contributed by atoms with Gasteiger partial charge in [0.05, 0.1) is 5.56 Å². The molecule has 2 rings (SSSR count). The van der Waals surface area contributed by atoms with Crippen LogP contribution in [0.3, 0.4) is 0 Å². The van der Waals surface area contributed by atoms with Gasteiger partial charge in [-0.05, 0) is 55.2 Å². The molecule has 0 atom stereocenters. The number of nitrogens with zero attached hydrogens (tertiary/aromatic N) is 1. The van der Waals surface area contributed by atoms with E-state index < -0.39 is 5.97 Å². The van der Waals surface area contributed by atoms with Gasteiger partial charge in [0.2, 0.25) is 0 Å². The number of carboxylic acids is 1. The number of amides is 1. The van der Waals surface area contributed by atoms with Gasteiger partial charge in [0.25, 0.3) is 5.91 Å². The molecule has 5 heteroatoms. The third-order valence-corrected chi connectivity index (χ3v) is 3.59. The van der Waals surface area contributed by atoms with Gasteiger partial charge in [-0.1, -0.05) is 19.4 Å². The van der Waals surface area contributed by atoms with E-state index in [9.17, 15) is 9.59 Å². The second kappa shape index (κ2) is 7.54. The predicted molar refractivity (Wildman–Crippen MR) is 88.9 cm³/mol. The highest BCUT2D eigenvalue weighted by Gasteiger charge is 2.11. The third-order valence-electron chi connectivity index (χ3n) is 3.59. The topological polar surface area (TPSA) is 79.3 Å². The summed E-state index contributed by atoms with van der Waals surface area (Å²) in [5.74, 6) is -1.29. The molecule has 2 N–H and O–H groups in total. The number of carboxylic acid groups (broad SMARTS) is 1. The number of nitrogens with one attached hydrogen (secondary N) is 1. The molecule has 1 heterocycles. The van der Waals surface area contributed by atoms with Gasteiger partial charge < -0.3 is 10.4 Å². The zero-order valence-corrected chi connectivity index (χ0v) is 13.3. The maximum absolute atomic E-state index is 12.2. The number of hydrogen-bond donors (Lipinski definition) is 2. The zero-order chi connectivity index (χ0) is 16.8. The minimum absolute atomic E-state index is 0.224. The van der Waals surface area contributed by atoms with Gasteiger partial charge in [-0.15, -0.1) is 0 Å². The molecule has 0 aliphatic rings. The van der Waals surface area contributed by atoms with E-state index in [0.29, 0.717) is 16.9 Å². The van der Waals surface area contributed by atoms with Gasteiger partial charge in [0, 0.05) is 11.9 Å². The summed E-state index contributed by atoms with van der Waals surface area (Å²) in [5.41, 5.74) is 2.82. The standard InChI is InChI=1S/C18H20N2O3/c1-3-4-5-13-6-9-16(19-11-13)17(21)20-14-7-8-15(18(22)23)12(2)10-14/h6-11H,3-5H2,1-2H3,(H,20,21)(H,22,23). The molecule has 0 saturated heterocycles. The Labute approximate surface area is 135 Å². The Morgan fingerprint density at radius 3 is 2.57 bits per heavy atom. The van der Waals surface area contributed by atoms with Gasteiger partial charge in [-0.25, -0.2) is 4.79 Å². The van der Waals surface area contributed by atoms with E-state index >= 15 is 0 Å². The first-order chi connectivity index (χ1) is 11.0. The molecule has 5 nitrogen and oxygen atoms in total. The van der Waals surface area contributed by atoms with E-state index in [1.165, 1.54) is 6.07 Å². The monoisotopic (exact) mass is 312 g/mol. The van der Waals surface area contributed by atoms with E-state index in [1.807, 2.05) is 6.07 Å². The zero-order valence-electron chi connectivity index (χ0n) is 13.3. The summed E-state index contributed by atoms with van der Waals surface area (Å²) in [4.78, 5) is 27.4. The van der Waals surface area contributed by atoms with Crippen LogP contribution in [0.15, 0.2) is 36.5 Å². The highest BCUT2D eigenvalue weighted by atomic mass is 16.4. The molecule has 0 saturated carbocycles. The quantitative estimate of drug-likeness (QED) is 0.852. The number of rotatable bonds is 6. The molecule has 0 bridgehead atoms. The molecule has 2 aromatic rings. The van der Waals surface area contributed by atoms with Crippen molar-refractivity contribution in [3.8, 4) is 0 Å². The van der Waals surface area contributed by atoms with Crippen LogP contribution in [-0.2, 0) is 6.42 Å². The van der Waals surface area contributed by atoms with Crippen molar-refractivity contribution in [1.82, 2.24) is 4.98 Å². The average Bonchev–Trinajstić information content (AvgIpc) is 2.53. The lowest BCUT2D eigenvalue weighted by atomic mass is 10.1. The van der Waals surface area contributed by atoms with E-state index in [-0.39, 0.29) is 11.5 Å². The molecule has 120 valence electrons. The van der Waals surface area contributed by atoms with Gasteiger partial charge in [-0.3, -0.25) is 9.78 Å². The Balaban J connectivity index is 2.06. The van der Waals surface area contributed by atoms with Gasteiger partial charge in [0.15, 0.2) is 0 Å². The Bertz CT molecular complexity index is 709. The fraction of sp³-hybridized carbons (Fsp3) is 0.278. The first kappa shape index (κ1) is 16.7. The highest BCUT2D eigenvalue weighted by Crippen LogP contribution is 2.16. The fourth-order valence-electron chi connectivity index (χ4n) is 2.26. The summed E-state index contributed by atoms with van der Waals surface area (Å²) in [6, 6.07) is 8.31. The highest BCUT2D eigenvalue weighted by molar-refractivity contribution is 6.03. The van der Waals surface area contributed by atoms with Crippen molar-refractivity contribution in [2.45, 2.75) is 33.1 Å². The lowest BCUT2D eigenvalue weighted by Crippen LogP contribution is -2.14. The first-order valence-corrected chi connectivity index (χ1v) is 7.61. The van der Waals surface area contributed by atoms with Crippen LogP contribution in [0.4, 0.5) is 5.69 Å². The van der Waals surface area contributed by atoms with E-state index in [4.69, 9.17) is 5.11 Å². The maximum atomic E-state index is 12.2. The summed E-state index contributed by atoms with van der Waals surface area (Å²) in [5, 5.41) is 11.7. The van der Waals surface area contributed by atoms with Crippen molar-refractivity contribution in [2.24, 2.45) is 0 Å². The van der Waals surface area contributed by atoms with Crippen LogP contribution < -0.4 is 5.32 Å². The Hall–Kier alpha value is -2.69. The summed E-state index contributed by atoms with van der Waals surface area (Å²) in [6.07, 6.45) is 4.90. The number of pyridine rings is 1. The predicted octanol–water partition coefficient (Wildman–Crippen LogP) is 3.68. The van der Waals surface area contributed by atoms with E-state index in [1.54, 1.807) is 31.3 Å². The minimum Gasteiger partial charge on any atom is -0.478 e. The molecule has 0 aliphatic heterocycles. The van der Waals surface area contributed by atoms with Crippen molar-refractivity contribution in [1.29, 1.82) is 0 Å². The largest absolute Gasteiger partial charge is 0.478 e. The van der Waals surface area contributed by atoms with Crippen LogP contribution >= 0.6 is 0 Å². The normalized spacial score (nSPS) is 10.3. The van der Waals surface area contributed by atoms with Crippen molar-refractivity contribution in [3.05, 3.63) is 58.9 Å². The number of aryl methyl sites for hydroxylation is 2. The van der Waals surface area contributed by atoms with Crippen molar-refractivity contribution < 1.29 is 14.7 Å². The van der Waals surface area contributed by atoms with Crippen molar-refractivity contribution in [3.63, 3.8) is 0 Å². The lowest BCUT2D eigenvalue weighted by molar-refractivity contribution is 0.0696. The molecule has 0 aliphatic carbocycles. The number of carbonyl (C=O) groups is 2. The number of unbranched alkanes of at least 4 members (excludes halogenated alkanes) is 1. The smallest absolute Gasteiger partial charge is 0.335 e. The number of aromatic carboxylic acids is 1. The SMILES string of the molecule is CCCCc1ccc(C(=O)Nc2ccc(C(=O)O)c(C)c2)nc1. The molecular formula is C18H20N2O3. The molecule has 23 heavy (non-hydrogen) atoms. The van der Waals surface area contributed by atoms with Crippen LogP contribution in [0, 0.1) is 6.92 Å². The van der Waals surface area contributed by atoms with Gasteiger partial charge in [-0.2, -0.15) is 0 Å². The van der Waals surface area contributed by atoms with E-state index in [0.717, 1.165) is 24.8 Å². The Morgan fingerprint density at radius 2 is 2.00 bits per heavy atom. The molecule has 1 aromatic carbocycles. The first-order valence-electron chi connectivity index (χ1n) is 7.61. The molecule has 0 spiro atoms. The van der Waals surface area contributed by atoms with Gasteiger partial charge in [0.1, 0.15) is 5.69 Å². The van der Waals surface area contributed by atoms with Crippen LogP contribution in [-0.4, -0.2) is 22.0 Å². The van der Waals surface area contributed by atoms with Crippen molar-refractivity contribution in [2.75, 3.05) is 5.32 Å². The minimum atomic E-state index is -0.982. The Kier molecular flexibility index (Phi) is 5.46. The molecule has 0 fully saturated rings. The van der Waals surface area contributed by atoms with Crippen LogP contribution in [0.25, 0.3) is 0 Å². The second-order valence-electron chi connectivity index (χ2n) is 5.44. The molecule has 0 radical (unpaired) electrons. The van der Waals surface area contributed by atoms with Crippen LogP contribution in [0.2, 0.25) is 0 Å².